The van der Waals surface area contributed by atoms with Gasteiger partial charge in [-0.25, -0.2) is 9.97 Å². The fourth-order valence-corrected chi connectivity index (χ4v) is 3.75. The Kier molecular flexibility index (Phi) is 5.43. The number of methoxy groups -OCH3 is 1. The Morgan fingerprint density at radius 1 is 1.00 bits per heavy atom. The maximum absolute atomic E-state index is 13.2. The van der Waals surface area contributed by atoms with Crippen LogP contribution in [0, 0.1) is 0 Å². The zero-order valence-corrected chi connectivity index (χ0v) is 16.6. The van der Waals surface area contributed by atoms with Crippen molar-refractivity contribution in [3.05, 3.63) is 36.0 Å². The lowest BCUT2D eigenvalue weighted by Crippen LogP contribution is -2.47. The lowest BCUT2D eigenvalue weighted by atomic mass is 10.1. The third kappa shape index (κ3) is 3.80. The third-order valence-electron chi connectivity index (χ3n) is 5.54. The molecule has 0 N–H and O–H groups in total. The van der Waals surface area contributed by atoms with E-state index in [-0.39, 0.29) is 5.91 Å². The highest BCUT2D eigenvalue weighted by atomic mass is 16.5. The molecule has 1 amide bonds. The molecule has 0 saturated carbocycles. The van der Waals surface area contributed by atoms with Crippen molar-refractivity contribution in [1.82, 2.24) is 19.8 Å². The second-order valence-corrected chi connectivity index (χ2v) is 7.45. The predicted octanol–water partition coefficient (Wildman–Crippen LogP) is 2.14. The molecule has 148 valence electrons. The molecule has 2 saturated heterocycles. The lowest BCUT2D eigenvalue weighted by molar-refractivity contribution is 0.0664. The van der Waals surface area contributed by atoms with Gasteiger partial charge in [0.2, 0.25) is 0 Å². The van der Waals surface area contributed by atoms with Gasteiger partial charge >= 0.3 is 0 Å². The van der Waals surface area contributed by atoms with E-state index in [9.17, 15) is 4.79 Å². The number of aromatic nitrogens is 2. The monoisotopic (exact) mass is 381 g/mol. The van der Waals surface area contributed by atoms with Crippen molar-refractivity contribution in [1.29, 1.82) is 0 Å². The van der Waals surface area contributed by atoms with Crippen LogP contribution in [0.4, 0.5) is 5.82 Å². The van der Waals surface area contributed by atoms with Gasteiger partial charge in [-0.05, 0) is 44.2 Å². The van der Waals surface area contributed by atoms with Crippen molar-refractivity contribution in [2.24, 2.45) is 0 Å². The predicted molar refractivity (Wildman–Crippen MR) is 109 cm³/mol. The van der Waals surface area contributed by atoms with Crippen molar-refractivity contribution < 1.29 is 9.53 Å². The molecule has 4 rings (SSSR count). The normalized spacial score (nSPS) is 17.8. The Hall–Kier alpha value is -2.67. The minimum absolute atomic E-state index is 0.0382. The number of likely N-dealkylation sites (N-methyl/N-ethyl adjacent to an activating group) is 1. The SMILES string of the molecule is COc1ccc(-c2ncc(C(=O)N3CCN(C)CC3)c(N3CCCC3)n2)cc1. The van der Waals surface area contributed by atoms with Crippen LogP contribution in [0.2, 0.25) is 0 Å². The van der Waals surface area contributed by atoms with Crippen molar-refractivity contribution in [3.63, 3.8) is 0 Å². The van der Waals surface area contributed by atoms with E-state index >= 15 is 0 Å². The molecular weight excluding hydrogens is 354 g/mol. The molecule has 0 aliphatic carbocycles. The molecule has 7 nitrogen and oxygen atoms in total. The van der Waals surface area contributed by atoms with E-state index in [4.69, 9.17) is 9.72 Å². The topological polar surface area (TPSA) is 61.8 Å². The molecule has 3 heterocycles. The van der Waals surface area contributed by atoms with E-state index in [0.717, 1.165) is 69.2 Å². The van der Waals surface area contributed by atoms with Crippen LogP contribution in [0.5, 0.6) is 5.75 Å². The fraction of sp³-hybridized carbons (Fsp3) is 0.476. The van der Waals surface area contributed by atoms with Gasteiger partial charge < -0.3 is 19.4 Å². The summed E-state index contributed by atoms with van der Waals surface area (Å²) in [7, 11) is 3.74. The molecule has 0 atom stereocenters. The van der Waals surface area contributed by atoms with Crippen LogP contribution in [-0.2, 0) is 0 Å². The summed E-state index contributed by atoms with van der Waals surface area (Å²) in [6, 6.07) is 7.70. The summed E-state index contributed by atoms with van der Waals surface area (Å²) in [6.45, 7) is 5.15. The van der Waals surface area contributed by atoms with E-state index in [1.165, 1.54) is 0 Å². The summed E-state index contributed by atoms with van der Waals surface area (Å²) >= 11 is 0. The van der Waals surface area contributed by atoms with Crippen molar-refractivity contribution in [2.75, 3.05) is 58.3 Å². The first-order chi connectivity index (χ1) is 13.7. The molecule has 7 heteroatoms. The highest BCUT2D eigenvalue weighted by molar-refractivity contribution is 5.99. The molecule has 28 heavy (non-hydrogen) atoms. The fourth-order valence-electron chi connectivity index (χ4n) is 3.75. The van der Waals surface area contributed by atoms with Crippen LogP contribution in [0.3, 0.4) is 0 Å². The first kappa shape index (κ1) is 18.7. The molecule has 0 unspecified atom stereocenters. The molecule has 0 radical (unpaired) electrons. The summed E-state index contributed by atoms with van der Waals surface area (Å²) in [4.78, 5) is 28.9. The molecule has 0 spiro atoms. The summed E-state index contributed by atoms with van der Waals surface area (Å²) in [6.07, 6.45) is 3.97. The Morgan fingerprint density at radius 3 is 2.32 bits per heavy atom. The van der Waals surface area contributed by atoms with Gasteiger partial charge in [0.05, 0.1) is 7.11 Å². The van der Waals surface area contributed by atoms with E-state index < -0.39 is 0 Å². The second kappa shape index (κ2) is 8.14. The number of rotatable bonds is 4. The Morgan fingerprint density at radius 2 is 1.68 bits per heavy atom. The number of benzene rings is 1. The number of amides is 1. The molecule has 2 aliphatic rings. The number of carbonyl (C=O) groups excluding carboxylic acids is 1. The quantitative estimate of drug-likeness (QED) is 0.809. The number of piperazine rings is 1. The third-order valence-corrected chi connectivity index (χ3v) is 5.54. The van der Waals surface area contributed by atoms with Crippen LogP contribution in [-0.4, -0.2) is 79.1 Å². The van der Waals surface area contributed by atoms with Gasteiger partial charge in [0.25, 0.3) is 5.91 Å². The molecule has 2 aliphatic heterocycles. The van der Waals surface area contributed by atoms with Crippen LogP contribution in [0.25, 0.3) is 11.4 Å². The zero-order chi connectivity index (χ0) is 19.5. The second-order valence-electron chi connectivity index (χ2n) is 7.45. The number of carbonyl (C=O) groups is 1. The van der Waals surface area contributed by atoms with Crippen molar-refractivity contribution in [2.45, 2.75) is 12.8 Å². The number of nitrogens with zero attached hydrogens (tertiary/aromatic N) is 5. The molecule has 1 aromatic heterocycles. The van der Waals surface area contributed by atoms with Gasteiger partial charge in [0.1, 0.15) is 17.1 Å². The van der Waals surface area contributed by atoms with Gasteiger partial charge in [-0.2, -0.15) is 0 Å². The van der Waals surface area contributed by atoms with E-state index in [2.05, 4.69) is 21.8 Å². The van der Waals surface area contributed by atoms with Crippen LogP contribution < -0.4 is 9.64 Å². The average molecular weight is 381 g/mol. The summed E-state index contributed by atoms with van der Waals surface area (Å²) in [5.74, 6) is 2.24. The minimum Gasteiger partial charge on any atom is -0.497 e. The molecular formula is C21H27N5O2. The van der Waals surface area contributed by atoms with Gasteiger partial charge in [-0.1, -0.05) is 0 Å². The number of hydrogen-bond donors (Lipinski definition) is 0. The summed E-state index contributed by atoms with van der Waals surface area (Å²) in [5, 5.41) is 0. The van der Waals surface area contributed by atoms with E-state index in [1.54, 1.807) is 13.3 Å². The zero-order valence-electron chi connectivity index (χ0n) is 16.6. The number of hydrogen-bond acceptors (Lipinski definition) is 6. The standard InChI is InChI=1S/C21H27N5O2/c1-24-11-13-26(14-12-24)21(27)18-15-22-19(16-5-7-17(28-2)8-6-16)23-20(18)25-9-3-4-10-25/h5-8,15H,3-4,9-14H2,1-2H3. The van der Waals surface area contributed by atoms with Crippen LogP contribution in [0.15, 0.2) is 30.5 Å². The largest absolute Gasteiger partial charge is 0.497 e. The lowest BCUT2D eigenvalue weighted by Gasteiger charge is -2.33. The molecule has 0 bridgehead atoms. The Labute approximate surface area is 165 Å². The Balaban J connectivity index is 1.66. The highest BCUT2D eigenvalue weighted by Gasteiger charge is 2.27. The van der Waals surface area contributed by atoms with Crippen LogP contribution >= 0.6 is 0 Å². The Bertz CT molecular complexity index is 825. The highest BCUT2D eigenvalue weighted by Crippen LogP contribution is 2.27. The van der Waals surface area contributed by atoms with Crippen molar-refractivity contribution in [3.8, 4) is 17.1 Å². The van der Waals surface area contributed by atoms with E-state index in [1.807, 2.05) is 29.2 Å². The first-order valence-electron chi connectivity index (χ1n) is 9.90. The summed E-state index contributed by atoms with van der Waals surface area (Å²) < 4.78 is 5.23. The number of ether oxygens (including phenoxy) is 1. The minimum atomic E-state index is 0.0382. The maximum Gasteiger partial charge on any atom is 0.259 e. The average Bonchev–Trinajstić information content (AvgIpc) is 3.28. The first-order valence-corrected chi connectivity index (χ1v) is 9.90. The molecule has 1 aromatic carbocycles. The van der Waals surface area contributed by atoms with Crippen molar-refractivity contribution >= 4 is 11.7 Å². The van der Waals surface area contributed by atoms with Gasteiger partial charge in [-0.15, -0.1) is 0 Å². The smallest absolute Gasteiger partial charge is 0.259 e. The van der Waals surface area contributed by atoms with Gasteiger partial charge in [-0.3, -0.25) is 4.79 Å². The van der Waals surface area contributed by atoms with Gasteiger partial charge in [0, 0.05) is 51.0 Å². The molecule has 2 fully saturated rings. The molecule has 2 aromatic rings. The van der Waals surface area contributed by atoms with Gasteiger partial charge in [0.15, 0.2) is 5.82 Å². The summed E-state index contributed by atoms with van der Waals surface area (Å²) in [5.41, 5.74) is 1.53. The van der Waals surface area contributed by atoms with Crippen LogP contribution in [0.1, 0.15) is 23.2 Å². The number of anilines is 1. The van der Waals surface area contributed by atoms with E-state index in [0.29, 0.717) is 11.4 Å². The maximum atomic E-state index is 13.2.